The Bertz CT molecular complexity index is 1090. The minimum atomic E-state index is -0.477. The fourth-order valence-corrected chi connectivity index (χ4v) is 3.79. The Morgan fingerprint density at radius 3 is 2.48 bits per heavy atom. The Kier molecular flexibility index (Phi) is 5.98. The van der Waals surface area contributed by atoms with Crippen molar-refractivity contribution >= 4 is 11.7 Å². The zero-order valence-electron chi connectivity index (χ0n) is 17.3. The molecule has 2 N–H and O–H groups in total. The van der Waals surface area contributed by atoms with Crippen LogP contribution in [0.2, 0.25) is 0 Å². The van der Waals surface area contributed by atoms with Crippen molar-refractivity contribution in [2.75, 3.05) is 6.61 Å². The first-order valence-electron chi connectivity index (χ1n) is 10.4. The molecular weight excluding hydrogens is 392 g/mol. The standard InChI is InChI=1S/C25H24N2O4/c1-2-3-20-22(9-8-19-21(28)12-15-30-24(19)20)31-23(17-10-13-27-14-11-17)16-4-6-18(7-5-16)25(26)29/h4-11,13-14,23H,2-3,12,15H2,1H3,(H2,26,29)/t23-/m1/s1. The van der Waals surface area contributed by atoms with Crippen LogP contribution >= 0.6 is 0 Å². The Hall–Kier alpha value is -3.67. The Balaban J connectivity index is 1.77. The van der Waals surface area contributed by atoms with Crippen LogP contribution in [0.1, 0.15) is 63.3 Å². The van der Waals surface area contributed by atoms with Gasteiger partial charge in [-0.3, -0.25) is 14.6 Å². The number of aromatic nitrogens is 1. The van der Waals surface area contributed by atoms with E-state index in [4.69, 9.17) is 15.2 Å². The first-order chi connectivity index (χ1) is 15.1. The number of rotatable bonds is 7. The Morgan fingerprint density at radius 1 is 1.10 bits per heavy atom. The van der Waals surface area contributed by atoms with Gasteiger partial charge in [0.25, 0.3) is 0 Å². The number of amides is 1. The van der Waals surface area contributed by atoms with E-state index in [1.807, 2.05) is 30.3 Å². The highest BCUT2D eigenvalue weighted by atomic mass is 16.5. The predicted octanol–water partition coefficient (Wildman–Crippen LogP) is 4.27. The molecule has 158 valence electrons. The molecule has 0 spiro atoms. The van der Waals surface area contributed by atoms with Gasteiger partial charge in [-0.15, -0.1) is 0 Å². The van der Waals surface area contributed by atoms with Gasteiger partial charge in [-0.25, -0.2) is 0 Å². The van der Waals surface area contributed by atoms with E-state index in [1.165, 1.54) is 0 Å². The molecule has 1 aliphatic heterocycles. The largest absolute Gasteiger partial charge is 0.492 e. The average molecular weight is 416 g/mol. The molecule has 1 atom stereocenters. The van der Waals surface area contributed by atoms with Crippen LogP contribution in [0, 0.1) is 0 Å². The van der Waals surface area contributed by atoms with Gasteiger partial charge in [0.1, 0.15) is 17.6 Å². The summed E-state index contributed by atoms with van der Waals surface area (Å²) in [6.07, 6.45) is 5.01. The molecule has 2 aromatic carbocycles. The third-order valence-corrected chi connectivity index (χ3v) is 5.35. The van der Waals surface area contributed by atoms with Crippen LogP contribution in [0.5, 0.6) is 11.5 Å². The summed E-state index contributed by atoms with van der Waals surface area (Å²) < 4.78 is 12.4. The lowest BCUT2D eigenvalue weighted by molar-refractivity contribution is 0.0930. The molecule has 0 saturated carbocycles. The lowest BCUT2D eigenvalue weighted by Gasteiger charge is -2.25. The van der Waals surface area contributed by atoms with Gasteiger partial charge < -0.3 is 15.2 Å². The van der Waals surface area contributed by atoms with E-state index in [-0.39, 0.29) is 5.78 Å². The number of carbonyl (C=O) groups excluding carboxylic acids is 2. The number of benzene rings is 2. The summed E-state index contributed by atoms with van der Waals surface area (Å²) >= 11 is 0. The van der Waals surface area contributed by atoms with Crippen molar-refractivity contribution in [3.8, 4) is 11.5 Å². The van der Waals surface area contributed by atoms with Gasteiger partial charge in [0, 0.05) is 29.9 Å². The number of nitrogens with two attached hydrogens (primary N) is 1. The van der Waals surface area contributed by atoms with E-state index in [0.717, 1.165) is 29.5 Å². The molecule has 0 aliphatic carbocycles. The molecule has 0 unspecified atom stereocenters. The van der Waals surface area contributed by atoms with Crippen molar-refractivity contribution in [3.63, 3.8) is 0 Å². The van der Waals surface area contributed by atoms with Crippen LogP contribution in [0.3, 0.4) is 0 Å². The molecule has 1 aliphatic rings. The lowest BCUT2D eigenvalue weighted by atomic mass is 9.97. The van der Waals surface area contributed by atoms with Gasteiger partial charge >= 0.3 is 0 Å². The van der Waals surface area contributed by atoms with Crippen LogP contribution in [0.25, 0.3) is 0 Å². The molecule has 0 saturated heterocycles. The molecule has 4 rings (SSSR count). The molecule has 6 heteroatoms. The van der Waals surface area contributed by atoms with Crippen molar-refractivity contribution in [2.45, 2.75) is 32.3 Å². The second-order valence-electron chi connectivity index (χ2n) is 7.46. The SMILES string of the molecule is CCCc1c(O[C@@H](c2ccncc2)c2ccc(C(N)=O)cc2)ccc2c1OCCC2=O. The highest BCUT2D eigenvalue weighted by Crippen LogP contribution is 2.39. The number of hydrogen-bond acceptors (Lipinski definition) is 5. The van der Waals surface area contributed by atoms with E-state index in [1.54, 1.807) is 30.6 Å². The second-order valence-corrected chi connectivity index (χ2v) is 7.46. The van der Waals surface area contributed by atoms with Crippen LogP contribution in [0.15, 0.2) is 60.9 Å². The molecule has 0 fully saturated rings. The maximum absolute atomic E-state index is 12.3. The topological polar surface area (TPSA) is 91.5 Å². The lowest BCUT2D eigenvalue weighted by Crippen LogP contribution is -2.18. The Morgan fingerprint density at radius 2 is 1.81 bits per heavy atom. The molecule has 1 aromatic heterocycles. The fraction of sp³-hybridized carbons (Fsp3) is 0.240. The summed E-state index contributed by atoms with van der Waals surface area (Å²) in [5.41, 5.74) is 9.13. The number of hydrogen-bond donors (Lipinski definition) is 1. The summed E-state index contributed by atoms with van der Waals surface area (Å²) in [4.78, 5) is 27.9. The summed E-state index contributed by atoms with van der Waals surface area (Å²) in [7, 11) is 0. The highest BCUT2D eigenvalue weighted by molar-refractivity contribution is 6.00. The van der Waals surface area contributed by atoms with Crippen molar-refractivity contribution < 1.29 is 19.1 Å². The third kappa shape index (κ3) is 4.28. The van der Waals surface area contributed by atoms with Crippen molar-refractivity contribution in [1.82, 2.24) is 4.98 Å². The number of pyridine rings is 1. The van der Waals surface area contributed by atoms with Crippen LogP contribution < -0.4 is 15.2 Å². The van der Waals surface area contributed by atoms with Gasteiger partial charge in [-0.2, -0.15) is 0 Å². The number of ketones is 1. The molecule has 1 amide bonds. The second kappa shape index (κ2) is 9.00. The molecule has 0 bridgehead atoms. The van der Waals surface area contributed by atoms with E-state index >= 15 is 0 Å². The smallest absolute Gasteiger partial charge is 0.248 e. The summed E-state index contributed by atoms with van der Waals surface area (Å²) in [6, 6.07) is 14.5. The maximum Gasteiger partial charge on any atom is 0.248 e. The first-order valence-corrected chi connectivity index (χ1v) is 10.4. The van der Waals surface area contributed by atoms with Crippen molar-refractivity contribution in [2.24, 2.45) is 5.73 Å². The van der Waals surface area contributed by atoms with Crippen LogP contribution in [-0.4, -0.2) is 23.3 Å². The number of carbonyl (C=O) groups is 2. The molecule has 0 radical (unpaired) electrons. The van der Waals surface area contributed by atoms with Gasteiger partial charge in [0.15, 0.2) is 5.78 Å². The summed E-state index contributed by atoms with van der Waals surface area (Å²) in [5.74, 6) is 0.928. The van der Waals surface area contributed by atoms with Gasteiger partial charge in [-0.1, -0.05) is 25.5 Å². The number of ether oxygens (including phenoxy) is 2. The Labute approximate surface area is 181 Å². The van der Waals surface area contributed by atoms with Gasteiger partial charge in [0.2, 0.25) is 5.91 Å². The maximum atomic E-state index is 12.3. The molecular formula is C25H24N2O4. The van der Waals surface area contributed by atoms with E-state index < -0.39 is 12.0 Å². The predicted molar refractivity (Wildman–Crippen MR) is 117 cm³/mol. The monoisotopic (exact) mass is 416 g/mol. The molecule has 3 aromatic rings. The third-order valence-electron chi connectivity index (χ3n) is 5.35. The van der Waals surface area contributed by atoms with Crippen LogP contribution in [-0.2, 0) is 6.42 Å². The quantitative estimate of drug-likeness (QED) is 0.621. The van der Waals surface area contributed by atoms with Gasteiger partial charge in [-0.05, 0) is 53.9 Å². The van der Waals surface area contributed by atoms with Crippen LogP contribution in [0.4, 0.5) is 0 Å². The van der Waals surface area contributed by atoms with E-state index in [0.29, 0.717) is 35.7 Å². The zero-order valence-corrected chi connectivity index (χ0v) is 17.3. The molecule has 2 heterocycles. The summed E-state index contributed by atoms with van der Waals surface area (Å²) in [5, 5.41) is 0. The van der Waals surface area contributed by atoms with Crippen molar-refractivity contribution in [3.05, 3.63) is 88.7 Å². The normalized spacial score (nSPS) is 13.8. The number of fused-ring (bicyclic) bond motifs is 1. The summed E-state index contributed by atoms with van der Waals surface area (Å²) in [6.45, 7) is 2.46. The first kappa shape index (κ1) is 20.6. The number of primary amides is 1. The molecule has 6 nitrogen and oxygen atoms in total. The number of nitrogens with zero attached hydrogens (tertiary/aromatic N) is 1. The zero-order chi connectivity index (χ0) is 21.8. The minimum Gasteiger partial charge on any atom is -0.492 e. The van der Waals surface area contributed by atoms with E-state index in [2.05, 4.69) is 11.9 Å². The minimum absolute atomic E-state index is 0.0953. The average Bonchev–Trinajstić information content (AvgIpc) is 2.79. The van der Waals surface area contributed by atoms with Crippen molar-refractivity contribution in [1.29, 1.82) is 0 Å². The van der Waals surface area contributed by atoms with E-state index in [9.17, 15) is 9.59 Å². The number of Topliss-reactive ketones (excluding diaryl/α,β-unsaturated/α-hetero) is 1. The van der Waals surface area contributed by atoms with Gasteiger partial charge in [0.05, 0.1) is 12.2 Å². The molecule has 31 heavy (non-hydrogen) atoms. The highest BCUT2D eigenvalue weighted by Gasteiger charge is 2.26. The fourth-order valence-electron chi connectivity index (χ4n) is 3.79.